The van der Waals surface area contributed by atoms with Crippen molar-refractivity contribution in [2.24, 2.45) is 5.92 Å². The van der Waals surface area contributed by atoms with Crippen molar-refractivity contribution in [3.63, 3.8) is 0 Å². The molecule has 2 saturated heterocycles. The molecule has 138 valence electrons. The smallest absolute Gasteiger partial charge is 0.400 e. The Balaban J connectivity index is 2.15. The van der Waals surface area contributed by atoms with E-state index >= 15 is 0 Å². The zero-order chi connectivity index (χ0) is 17.9. The Morgan fingerprint density at radius 2 is 1.71 bits per heavy atom. The normalized spacial score (nSPS) is 32.0. The van der Waals surface area contributed by atoms with Crippen LogP contribution in [0.1, 0.15) is 20.8 Å². The van der Waals surface area contributed by atoms with E-state index in [1.807, 2.05) is 0 Å². The van der Waals surface area contributed by atoms with Gasteiger partial charge < -0.3 is 18.9 Å². The Kier molecular flexibility index (Phi) is 6.15. The second-order valence-electron chi connectivity index (χ2n) is 5.13. The van der Waals surface area contributed by atoms with E-state index in [2.05, 4.69) is 0 Å². The molecule has 2 fully saturated rings. The maximum atomic E-state index is 12.1. The predicted molar refractivity (Wildman–Crippen MR) is 75.7 cm³/mol. The van der Waals surface area contributed by atoms with Crippen LogP contribution >= 0.6 is 0 Å². The van der Waals surface area contributed by atoms with Gasteiger partial charge in [-0.2, -0.15) is 8.42 Å². The summed E-state index contributed by atoms with van der Waals surface area (Å²) in [5, 5.41) is 0. The first-order chi connectivity index (χ1) is 11.3. The highest BCUT2D eigenvalue weighted by molar-refractivity contribution is 7.81. The quantitative estimate of drug-likeness (QED) is 0.464. The second kappa shape index (κ2) is 7.74. The van der Waals surface area contributed by atoms with Gasteiger partial charge in [0.1, 0.15) is 18.3 Å². The van der Waals surface area contributed by atoms with Gasteiger partial charge in [0.25, 0.3) is 0 Å². The van der Waals surface area contributed by atoms with Gasteiger partial charge in [-0.25, -0.2) is 8.37 Å². The fourth-order valence-corrected chi connectivity index (χ4v) is 3.43. The number of fused-ring (bicyclic) bond motifs is 1. The molecule has 2 heterocycles. The summed E-state index contributed by atoms with van der Waals surface area (Å²) in [7, 11) is -4.13. The van der Waals surface area contributed by atoms with Crippen molar-refractivity contribution in [2.45, 2.75) is 45.4 Å². The minimum Gasteiger partial charge on any atom is -0.465 e. The fraction of sp³-hybridized carbons (Fsp3) is 0.846. The van der Waals surface area contributed by atoms with Crippen molar-refractivity contribution in [3.05, 3.63) is 0 Å². The minimum atomic E-state index is -4.13. The van der Waals surface area contributed by atoms with Crippen molar-refractivity contribution >= 4 is 22.3 Å². The van der Waals surface area contributed by atoms with Crippen LogP contribution in [0.5, 0.6) is 0 Å². The molecule has 24 heavy (non-hydrogen) atoms. The topological polar surface area (TPSA) is 124 Å². The van der Waals surface area contributed by atoms with Crippen LogP contribution in [0.4, 0.5) is 0 Å². The molecule has 0 bridgehead atoms. The molecule has 0 aromatic heterocycles. The van der Waals surface area contributed by atoms with Crippen molar-refractivity contribution in [1.82, 2.24) is 0 Å². The maximum absolute atomic E-state index is 12.1. The third-order valence-corrected chi connectivity index (χ3v) is 4.43. The molecule has 2 rings (SSSR count). The van der Waals surface area contributed by atoms with E-state index < -0.39 is 52.9 Å². The van der Waals surface area contributed by atoms with Crippen LogP contribution in [0.2, 0.25) is 0 Å². The van der Waals surface area contributed by atoms with Crippen molar-refractivity contribution < 1.29 is 45.3 Å². The summed E-state index contributed by atoms with van der Waals surface area (Å²) in [6, 6.07) is 0. The van der Waals surface area contributed by atoms with E-state index in [1.165, 1.54) is 6.92 Å². The average Bonchev–Trinajstić information content (AvgIpc) is 2.47. The third kappa shape index (κ3) is 4.22. The van der Waals surface area contributed by atoms with Crippen LogP contribution < -0.4 is 0 Å². The maximum Gasteiger partial charge on any atom is 0.400 e. The number of rotatable bonds is 5. The second-order valence-corrected chi connectivity index (χ2v) is 6.33. The van der Waals surface area contributed by atoms with E-state index in [9.17, 15) is 18.0 Å². The number of hydrogen-bond acceptors (Lipinski definition) is 10. The van der Waals surface area contributed by atoms with Crippen LogP contribution in [0.3, 0.4) is 0 Å². The molecule has 0 aromatic rings. The lowest BCUT2D eigenvalue weighted by Crippen LogP contribution is -2.58. The zero-order valence-corrected chi connectivity index (χ0v) is 14.3. The Bertz CT molecular complexity index is 555. The Labute approximate surface area is 139 Å². The fourth-order valence-electron chi connectivity index (χ4n) is 2.43. The standard InChI is InChI=1S/C13H20O10S/c1-4-18-11(14)9(12(15)19-5-2)13-20-6-8-10(21-13)7(3)22-24(16,17)23-8/h7-10,13H,4-6H2,1-3H3/t7-,8-,10+,13?/m0/s1. The number of ether oxygens (including phenoxy) is 4. The molecule has 0 amide bonds. The lowest BCUT2D eigenvalue weighted by Gasteiger charge is -2.41. The monoisotopic (exact) mass is 368 g/mol. The van der Waals surface area contributed by atoms with Gasteiger partial charge in [-0.05, 0) is 20.8 Å². The van der Waals surface area contributed by atoms with Crippen LogP contribution in [0.15, 0.2) is 0 Å². The van der Waals surface area contributed by atoms with Gasteiger partial charge in [0.2, 0.25) is 5.92 Å². The first kappa shape index (κ1) is 19.1. The molecule has 0 aliphatic carbocycles. The van der Waals surface area contributed by atoms with Crippen LogP contribution in [0.25, 0.3) is 0 Å². The van der Waals surface area contributed by atoms with Gasteiger partial charge in [-0.3, -0.25) is 9.59 Å². The Morgan fingerprint density at radius 1 is 1.12 bits per heavy atom. The first-order valence-electron chi connectivity index (χ1n) is 7.50. The predicted octanol–water partition coefficient (Wildman–Crippen LogP) is -0.481. The van der Waals surface area contributed by atoms with E-state index in [0.29, 0.717) is 0 Å². The summed E-state index contributed by atoms with van der Waals surface area (Å²) in [6.07, 6.45) is -3.93. The molecular weight excluding hydrogens is 348 g/mol. The van der Waals surface area contributed by atoms with Gasteiger partial charge in [0, 0.05) is 0 Å². The molecule has 10 nitrogen and oxygen atoms in total. The SMILES string of the molecule is CCOC(=O)C(C(=O)OCC)C1OC[C@@H]2OS(=O)(=O)O[C@@H](C)[C@H]2O1. The highest BCUT2D eigenvalue weighted by Gasteiger charge is 2.50. The summed E-state index contributed by atoms with van der Waals surface area (Å²) in [6.45, 7) is 4.59. The molecular formula is C13H20O10S. The van der Waals surface area contributed by atoms with Gasteiger partial charge in [-0.15, -0.1) is 0 Å². The third-order valence-electron chi connectivity index (χ3n) is 3.41. The number of carbonyl (C=O) groups excluding carboxylic acids is 2. The van der Waals surface area contributed by atoms with Crippen LogP contribution in [-0.4, -0.2) is 64.8 Å². The van der Waals surface area contributed by atoms with Gasteiger partial charge in [0.15, 0.2) is 6.29 Å². The highest BCUT2D eigenvalue weighted by Crippen LogP contribution is 2.31. The average molecular weight is 368 g/mol. The van der Waals surface area contributed by atoms with Crippen molar-refractivity contribution in [1.29, 1.82) is 0 Å². The van der Waals surface area contributed by atoms with Gasteiger partial charge in [0.05, 0.1) is 19.8 Å². The molecule has 0 radical (unpaired) electrons. The van der Waals surface area contributed by atoms with Crippen molar-refractivity contribution in [3.8, 4) is 0 Å². The molecule has 0 N–H and O–H groups in total. The zero-order valence-electron chi connectivity index (χ0n) is 13.5. The summed E-state index contributed by atoms with van der Waals surface area (Å²) >= 11 is 0. The Morgan fingerprint density at radius 3 is 2.25 bits per heavy atom. The minimum absolute atomic E-state index is 0.0639. The van der Waals surface area contributed by atoms with Crippen molar-refractivity contribution in [2.75, 3.05) is 19.8 Å². The molecule has 11 heteroatoms. The molecule has 1 unspecified atom stereocenters. The van der Waals surface area contributed by atoms with Crippen LogP contribution in [0, 0.1) is 5.92 Å². The number of hydrogen-bond donors (Lipinski definition) is 0. The molecule has 4 atom stereocenters. The summed E-state index contributed by atoms with van der Waals surface area (Å²) in [5.41, 5.74) is 0. The number of esters is 2. The first-order valence-corrected chi connectivity index (χ1v) is 8.84. The highest BCUT2D eigenvalue weighted by atomic mass is 32.3. The molecule has 0 aromatic carbocycles. The van der Waals surface area contributed by atoms with E-state index in [-0.39, 0.29) is 19.8 Å². The largest absolute Gasteiger partial charge is 0.465 e. The summed E-state index contributed by atoms with van der Waals surface area (Å²) in [5.74, 6) is -3.15. The molecule has 2 aliphatic heterocycles. The molecule has 0 spiro atoms. The molecule has 0 saturated carbocycles. The van der Waals surface area contributed by atoms with E-state index in [1.54, 1.807) is 13.8 Å². The van der Waals surface area contributed by atoms with Gasteiger partial charge in [-0.1, -0.05) is 0 Å². The van der Waals surface area contributed by atoms with E-state index in [0.717, 1.165) is 0 Å². The lowest BCUT2D eigenvalue weighted by molar-refractivity contribution is -0.287. The lowest BCUT2D eigenvalue weighted by atomic mass is 10.1. The van der Waals surface area contributed by atoms with Crippen LogP contribution in [-0.2, 0) is 47.3 Å². The van der Waals surface area contributed by atoms with Gasteiger partial charge >= 0.3 is 22.3 Å². The summed E-state index contributed by atoms with van der Waals surface area (Å²) in [4.78, 5) is 24.1. The summed E-state index contributed by atoms with van der Waals surface area (Å²) < 4.78 is 52.9. The van der Waals surface area contributed by atoms with E-state index in [4.69, 9.17) is 27.3 Å². The number of carbonyl (C=O) groups is 2. The molecule has 2 aliphatic rings. The Hall–Kier alpha value is -1.27.